The van der Waals surface area contributed by atoms with Crippen LogP contribution in [0.5, 0.6) is 0 Å². The summed E-state index contributed by atoms with van der Waals surface area (Å²) in [6.45, 7) is 4.49. The number of piperazine rings is 1. The second-order valence-electron chi connectivity index (χ2n) is 4.78. The number of aromatic nitrogens is 2. The van der Waals surface area contributed by atoms with Crippen LogP contribution < -0.4 is 5.32 Å². The van der Waals surface area contributed by atoms with Crippen LogP contribution in [-0.2, 0) is 0 Å². The van der Waals surface area contributed by atoms with E-state index in [1.807, 2.05) is 23.1 Å². The van der Waals surface area contributed by atoms with Crippen molar-refractivity contribution < 1.29 is 4.79 Å². The lowest BCUT2D eigenvalue weighted by Crippen LogP contribution is -2.51. The Morgan fingerprint density at radius 1 is 1.50 bits per heavy atom. The zero-order valence-electron chi connectivity index (χ0n) is 10.3. The Bertz CT molecular complexity index is 577. The molecule has 94 valence electrons. The van der Waals surface area contributed by atoms with Crippen LogP contribution in [-0.4, -0.2) is 46.7 Å². The number of carbonyl (C=O) groups excluding carboxylic acids is 1. The highest BCUT2D eigenvalue weighted by Crippen LogP contribution is 2.15. The Morgan fingerprint density at radius 3 is 3.22 bits per heavy atom. The fourth-order valence-corrected chi connectivity index (χ4v) is 2.38. The summed E-state index contributed by atoms with van der Waals surface area (Å²) in [7, 11) is 0. The summed E-state index contributed by atoms with van der Waals surface area (Å²) < 4.78 is 0. The van der Waals surface area contributed by atoms with Gasteiger partial charge in [0.05, 0.1) is 11.7 Å². The molecule has 1 fully saturated rings. The zero-order chi connectivity index (χ0) is 12.5. The molecule has 0 bridgehead atoms. The average Bonchev–Trinajstić information content (AvgIpc) is 2.85. The van der Waals surface area contributed by atoms with Gasteiger partial charge in [-0.3, -0.25) is 9.89 Å². The molecule has 2 heterocycles. The van der Waals surface area contributed by atoms with Gasteiger partial charge in [-0.15, -0.1) is 0 Å². The summed E-state index contributed by atoms with van der Waals surface area (Å²) in [5.41, 5.74) is 1.69. The van der Waals surface area contributed by atoms with Gasteiger partial charge in [0, 0.05) is 36.6 Å². The molecule has 1 amide bonds. The largest absolute Gasteiger partial charge is 0.336 e. The van der Waals surface area contributed by atoms with Crippen LogP contribution in [0.15, 0.2) is 24.4 Å². The van der Waals surface area contributed by atoms with E-state index in [2.05, 4.69) is 22.4 Å². The van der Waals surface area contributed by atoms with E-state index in [0.717, 1.165) is 36.1 Å². The Labute approximate surface area is 105 Å². The van der Waals surface area contributed by atoms with Crippen LogP contribution in [0.4, 0.5) is 0 Å². The van der Waals surface area contributed by atoms with E-state index in [9.17, 15) is 4.79 Å². The Kier molecular flexibility index (Phi) is 2.76. The smallest absolute Gasteiger partial charge is 0.253 e. The van der Waals surface area contributed by atoms with Crippen molar-refractivity contribution in [2.24, 2.45) is 0 Å². The number of nitrogens with zero attached hydrogens (tertiary/aromatic N) is 2. The molecule has 1 aromatic heterocycles. The topological polar surface area (TPSA) is 61.0 Å². The quantitative estimate of drug-likeness (QED) is 0.786. The van der Waals surface area contributed by atoms with Gasteiger partial charge in [-0.25, -0.2) is 0 Å². The first-order chi connectivity index (χ1) is 8.74. The van der Waals surface area contributed by atoms with Gasteiger partial charge in [-0.1, -0.05) is 0 Å². The molecule has 0 aliphatic carbocycles. The first-order valence-corrected chi connectivity index (χ1v) is 6.20. The maximum absolute atomic E-state index is 12.4. The molecule has 5 heteroatoms. The maximum atomic E-state index is 12.4. The van der Waals surface area contributed by atoms with Crippen LogP contribution in [0.1, 0.15) is 17.3 Å². The number of carbonyl (C=O) groups is 1. The first kappa shape index (κ1) is 11.2. The number of aromatic amines is 1. The number of benzene rings is 1. The third-order valence-corrected chi connectivity index (χ3v) is 3.34. The first-order valence-electron chi connectivity index (χ1n) is 6.20. The molecule has 0 saturated carbocycles. The van der Waals surface area contributed by atoms with E-state index in [1.54, 1.807) is 6.20 Å². The molecule has 1 aromatic carbocycles. The van der Waals surface area contributed by atoms with Crippen LogP contribution in [0.3, 0.4) is 0 Å². The van der Waals surface area contributed by atoms with Crippen molar-refractivity contribution in [2.45, 2.75) is 13.0 Å². The predicted octanol–water partition coefficient (Wildman–Crippen LogP) is 0.997. The van der Waals surface area contributed by atoms with Crippen LogP contribution >= 0.6 is 0 Å². The van der Waals surface area contributed by atoms with E-state index >= 15 is 0 Å². The number of fused-ring (bicyclic) bond motifs is 1. The molecular weight excluding hydrogens is 228 g/mol. The second-order valence-corrected chi connectivity index (χ2v) is 4.78. The van der Waals surface area contributed by atoms with E-state index in [0.29, 0.717) is 6.04 Å². The standard InChI is InChI=1S/C13H16N4O/c1-9-8-17(5-4-14-9)13(18)10-2-3-12-11(6-10)7-15-16-12/h2-3,6-7,9,14H,4-5,8H2,1H3,(H,15,16)/t9-/m1/s1. The highest BCUT2D eigenvalue weighted by molar-refractivity contribution is 5.97. The van der Waals surface area contributed by atoms with Gasteiger partial charge in [0.15, 0.2) is 0 Å². The molecule has 0 radical (unpaired) electrons. The number of hydrogen-bond donors (Lipinski definition) is 2. The average molecular weight is 244 g/mol. The van der Waals surface area contributed by atoms with Crippen molar-refractivity contribution >= 4 is 16.8 Å². The minimum Gasteiger partial charge on any atom is -0.336 e. The van der Waals surface area contributed by atoms with Crippen molar-refractivity contribution in [2.75, 3.05) is 19.6 Å². The van der Waals surface area contributed by atoms with E-state index in [-0.39, 0.29) is 5.91 Å². The molecule has 2 aromatic rings. The molecule has 5 nitrogen and oxygen atoms in total. The summed E-state index contributed by atoms with van der Waals surface area (Å²) in [4.78, 5) is 14.3. The lowest BCUT2D eigenvalue weighted by Gasteiger charge is -2.32. The molecule has 0 unspecified atom stereocenters. The van der Waals surface area contributed by atoms with Gasteiger partial charge in [-0.05, 0) is 25.1 Å². The highest BCUT2D eigenvalue weighted by atomic mass is 16.2. The van der Waals surface area contributed by atoms with Gasteiger partial charge < -0.3 is 10.2 Å². The molecule has 2 N–H and O–H groups in total. The molecule has 3 rings (SSSR count). The summed E-state index contributed by atoms with van der Waals surface area (Å²) in [5.74, 6) is 0.103. The molecule has 1 aliphatic heterocycles. The summed E-state index contributed by atoms with van der Waals surface area (Å²) in [6.07, 6.45) is 1.74. The van der Waals surface area contributed by atoms with Gasteiger partial charge in [0.25, 0.3) is 5.91 Å². The number of rotatable bonds is 1. The SMILES string of the molecule is C[C@@H]1CN(C(=O)c2ccc3[nH]ncc3c2)CCN1. The fraction of sp³-hybridized carbons (Fsp3) is 0.385. The van der Waals surface area contributed by atoms with Crippen LogP contribution in [0.2, 0.25) is 0 Å². The molecule has 0 spiro atoms. The van der Waals surface area contributed by atoms with E-state index in [1.165, 1.54) is 0 Å². The Morgan fingerprint density at radius 2 is 2.39 bits per heavy atom. The molecule has 1 atom stereocenters. The fourth-order valence-electron chi connectivity index (χ4n) is 2.38. The van der Waals surface area contributed by atoms with Gasteiger partial charge in [0.1, 0.15) is 0 Å². The zero-order valence-corrected chi connectivity index (χ0v) is 10.3. The number of amides is 1. The van der Waals surface area contributed by atoms with E-state index in [4.69, 9.17) is 0 Å². The molecule has 1 aliphatic rings. The summed E-state index contributed by atoms with van der Waals surface area (Å²) in [5, 5.41) is 11.2. The minimum atomic E-state index is 0.103. The summed E-state index contributed by atoms with van der Waals surface area (Å²) >= 11 is 0. The van der Waals surface area contributed by atoms with Crippen molar-refractivity contribution in [3.63, 3.8) is 0 Å². The van der Waals surface area contributed by atoms with Crippen molar-refractivity contribution in [1.29, 1.82) is 0 Å². The second kappa shape index (κ2) is 4.42. The third-order valence-electron chi connectivity index (χ3n) is 3.34. The Balaban J connectivity index is 1.86. The third kappa shape index (κ3) is 1.97. The van der Waals surface area contributed by atoms with Crippen LogP contribution in [0.25, 0.3) is 10.9 Å². The lowest BCUT2D eigenvalue weighted by molar-refractivity contribution is 0.0709. The van der Waals surface area contributed by atoms with E-state index < -0.39 is 0 Å². The van der Waals surface area contributed by atoms with Crippen molar-refractivity contribution in [3.05, 3.63) is 30.0 Å². The summed E-state index contributed by atoms with van der Waals surface area (Å²) in [6, 6.07) is 6.02. The maximum Gasteiger partial charge on any atom is 0.253 e. The number of hydrogen-bond acceptors (Lipinski definition) is 3. The highest BCUT2D eigenvalue weighted by Gasteiger charge is 2.21. The number of H-pyrrole nitrogens is 1. The van der Waals surface area contributed by atoms with Gasteiger partial charge in [-0.2, -0.15) is 5.10 Å². The van der Waals surface area contributed by atoms with Crippen molar-refractivity contribution in [3.8, 4) is 0 Å². The van der Waals surface area contributed by atoms with Gasteiger partial charge in [0.2, 0.25) is 0 Å². The molecule has 18 heavy (non-hydrogen) atoms. The minimum absolute atomic E-state index is 0.103. The normalized spacial score (nSPS) is 20.3. The van der Waals surface area contributed by atoms with Crippen LogP contribution in [0, 0.1) is 0 Å². The molecule has 1 saturated heterocycles. The molecular formula is C13H16N4O. The monoisotopic (exact) mass is 244 g/mol. The van der Waals surface area contributed by atoms with Crippen molar-refractivity contribution in [1.82, 2.24) is 20.4 Å². The lowest BCUT2D eigenvalue weighted by atomic mass is 10.1. The van der Waals surface area contributed by atoms with Gasteiger partial charge >= 0.3 is 0 Å². The predicted molar refractivity (Wildman–Crippen MR) is 69.5 cm³/mol. The Hall–Kier alpha value is -1.88. The number of nitrogens with one attached hydrogen (secondary N) is 2.